The maximum Gasteiger partial charge on any atom is 0.446 e. The van der Waals surface area contributed by atoms with Crippen LogP contribution in [0.2, 0.25) is 0 Å². The van der Waals surface area contributed by atoms with Gasteiger partial charge in [0, 0.05) is 0 Å². The van der Waals surface area contributed by atoms with Gasteiger partial charge in [0.25, 0.3) is 10.1 Å². The molecule has 0 saturated carbocycles. The summed E-state index contributed by atoms with van der Waals surface area (Å²) in [5, 5.41) is 0. The van der Waals surface area contributed by atoms with E-state index >= 15 is 0 Å². The maximum absolute atomic E-state index is 12.5. The van der Waals surface area contributed by atoms with Crippen LogP contribution in [0.15, 0.2) is 17.0 Å². The molecule has 0 unspecified atom stereocenters. The highest BCUT2D eigenvalue weighted by molar-refractivity contribution is 8.00. The van der Waals surface area contributed by atoms with Crippen LogP contribution in [0.1, 0.15) is 5.56 Å². The molecule has 10 heteroatoms. The van der Waals surface area contributed by atoms with Crippen molar-refractivity contribution in [1.29, 1.82) is 0 Å². The fraction of sp³-hybridized carbons (Fsp3) is 0.455. The summed E-state index contributed by atoms with van der Waals surface area (Å²) in [6.07, 6.45) is 0.846. The summed E-state index contributed by atoms with van der Waals surface area (Å²) in [5.41, 5.74) is -4.31. The second-order valence-electron chi connectivity index (χ2n) is 3.84. The predicted molar refractivity (Wildman–Crippen MR) is 71.1 cm³/mol. The minimum absolute atomic E-state index is 0.0545. The molecule has 0 bridgehead atoms. The normalized spacial score (nSPS) is 12.3. The molecule has 0 amide bonds. The molecule has 0 heterocycles. The van der Waals surface area contributed by atoms with Gasteiger partial charge in [0.05, 0.1) is 32.0 Å². The van der Waals surface area contributed by atoms with Crippen molar-refractivity contribution in [3.63, 3.8) is 0 Å². The second-order valence-corrected chi connectivity index (χ2v) is 6.59. The van der Waals surface area contributed by atoms with Crippen molar-refractivity contribution < 1.29 is 35.2 Å². The smallest absolute Gasteiger partial charge is 0.446 e. The van der Waals surface area contributed by atoms with Crippen molar-refractivity contribution in [2.24, 2.45) is 0 Å². The first-order valence-corrected chi connectivity index (χ1v) is 8.04. The minimum atomic E-state index is -4.52. The van der Waals surface area contributed by atoms with Crippen molar-refractivity contribution in [3.8, 4) is 11.5 Å². The zero-order chi connectivity index (χ0) is 16.3. The van der Waals surface area contributed by atoms with Crippen LogP contribution in [-0.2, 0) is 20.9 Å². The Bertz CT molecular complexity index is 599. The van der Waals surface area contributed by atoms with E-state index in [1.165, 1.54) is 20.3 Å². The van der Waals surface area contributed by atoms with Gasteiger partial charge in [0.2, 0.25) is 0 Å². The second kappa shape index (κ2) is 6.75. The molecular formula is C11H13F3O5S2. The van der Waals surface area contributed by atoms with Gasteiger partial charge in [-0.3, -0.25) is 4.18 Å². The molecule has 0 saturated heterocycles. The van der Waals surface area contributed by atoms with Gasteiger partial charge in [-0.15, -0.1) is 0 Å². The van der Waals surface area contributed by atoms with E-state index in [-0.39, 0.29) is 33.7 Å². The zero-order valence-corrected chi connectivity index (χ0v) is 13.0. The van der Waals surface area contributed by atoms with Crippen LogP contribution in [0, 0.1) is 0 Å². The number of halogens is 3. The molecule has 0 spiro atoms. The van der Waals surface area contributed by atoms with Gasteiger partial charge in [0.15, 0.2) is 11.5 Å². The average molecular weight is 346 g/mol. The van der Waals surface area contributed by atoms with Gasteiger partial charge < -0.3 is 9.47 Å². The van der Waals surface area contributed by atoms with Crippen LogP contribution in [0.25, 0.3) is 0 Å². The predicted octanol–water partition coefficient (Wildman–Crippen LogP) is 2.79. The number of hydrogen-bond acceptors (Lipinski definition) is 6. The molecule has 0 fully saturated rings. The lowest BCUT2D eigenvalue weighted by molar-refractivity contribution is -0.0329. The Kier molecular flexibility index (Phi) is 5.76. The Morgan fingerprint density at radius 2 is 1.81 bits per heavy atom. The lowest BCUT2D eigenvalue weighted by Crippen LogP contribution is -2.05. The van der Waals surface area contributed by atoms with Crippen LogP contribution < -0.4 is 9.47 Å². The molecule has 21 heavy (non-hydrogen) atoms. The maximum atomic E-state index is 12.5. The largest absolute Gasteiger partial charge is 0.493 e. The summed E-state index contributed by atoms with van der Waals surface area (Å²) < 4.78 is 73.9. The van der Waals surface area contributed by atoms with Crippen molar-refractivity contribution in [2.75, 3.05) is 20.5 Å². The third-order valence-corrected chi connectivity index (χ3v) is 3.47. The van der Waals surface area contributed by atoms with E-state index < -0.39 is 22.2 Å². The van der Waals surface area contributed by atoms with Gasteiger partial charge in [-0.1, -0.05) is 0 Å². The quantitative estimate of drug-likeness (QED) is 0.583. The summed E-state index contributed by atoms with van der Waals surface area (Å²) in [4.78, 5) is -0.239. The van der Waals surface area contributed by atoms with Gasteiger partial charge in [0.1, 0.15) is 0 Å². The first-order chi connectivity index (χ1) is 9.55. The van der Waals surface area contributed by atoms with Crippen LogP contribution in [0.5, 0.6) is 11.5 Å². The molecule has 1 rings (SSSR count). The molecule has 0 N–H and O–H groups in total. The summed E-state index contributed by atoms with van der Waals surface area (Å²) in [6, 6.07) is 2.50. The Morgan fingerprint density at radius 3 is 2.24 bits per heavy atom. The van der Waals surface area contributed by atoms with Crippen LogP contribution in [-0.4, -0.2) is 34.4 Å². The monoisotopic (exact) mass is 346 g/mol. The van der Waals surface area contributed by atoms with E-state index in [0.29, 0.717) is 0 Å². The van der Waals surface area contributed by atoms with E-state index in [1.807, 2.05) is 0 Å². The van der Waals surface area contributed by atoms with Crippen molar-refractivity contribution in [2.45, 2.75) is 17.0 Å². The van der Waals surface area contributed by atoms with E-state index in [9.17, 15) is 21.6 Å². The lowest BCUT2D eigenvalue weighted by atomic mass is 10.2. The molecule has 0 atom stereocenters. The SMILES string of the molecule is COc1cc(COS(C)(=O)=O)cc(SC(F)(F)F)c1OC. The molecule has 0 aliphatic rings. The molecule has 1 aromatic carbocycles. The Hall–Kier alpha value is -1.13. The zero-order valence-electron chi connectivity index (χ0n) is 11.4. The third kappa shape index (κ3) is 6.02. The standard InChI is InChI=1S/C11H13F3O5S2/c1-17-8-4-7(6-19-21(3,15)16)5-9(10(8)18-2)20-11(12,13)14/h4-5H,6H2,1-3H3. The summed E-state index contributed by atoms with van der Waals surface area (Å²) in [5.74, 6) is -0.0261. The van der Waals surface area contributed by atoms with E-state index in [2.05, 4.69) is 4.18 Å². The minimum Gasteiger partial charge on any atom is -0.493 e. The van der Waals surface area contributed by atoms with Crippen LogP contribution >= 0.6 is 11.8 Å². The highest BCUT2D eigenvalue weighted by atomic mass is 32.2. The fourth-order valence-electron chi connectivity index (χ4n) is 1.44. The van der Waals surface area contributed by atoms with Crippen molar-refractivity contribution in [3.05, 3.63) is 17.7 Å². The van der Waals surface area contributed by atoms with Gasteiger partial charge in [-0.2, -0.15) is 21.6 Å². The number of rotatable bonds is 6. The number of hydrogen-bond donors (Lipinski definition) is 0. The fourth-order valence-corrected chi connectivity index (χ4v) is 2.53. The highest BCUT2D eigenvalue weighted by Gasteiger charge is 2.32. The van der Waals surface area contributed by atoms with Crippen molar-refractivity contribution >= 4 is 21.9 Å². The van der Waals surface area contributed by atoms with E-state index in [1.54, 1.807) is 0 Å². The molecule has 0 radical (unpaired) electrons. The molecule has 0 aromatic heterocycles. The molecule has 120 valence electrons. The highest BCUT2D eigenvalue weighted by Crippen LogP contribution is 2.45. The Labute approximate surface area is 124 Å². The van der Waals surface area contributed by atoms with Gasteiger partial charge in [-0.25, -0.2) is 0 Å². The number of benzene rings is 1. The Morgan fingerprint density at radius 1 is 1.19 bits per heavy atom. The first kappa shape index (κ1) is 17.9. The summed E-state index contributed by atoms with van der Waals surface area (Å²) in [6.45, 7) is -0.398. The molecule has 5 nitrogen and oxygen atoms in total. The molecule has 1 aromatic rings. The van der Waals surface area contributed by atoms with Crippen LogP contribution in [0.3, 0.4) is 0 Å². The molecule has 0 aliphatic carbocycles. The van der Waals surface area contributed by atoms with Gasteiger partial charge in [-0.05, 0) is 29.5 Å². The van der Waals surface area contributed by atoms with Gasteiger partial charge >= 0.3 is 5.51 Å². The average Bonchev–Trinajstić information content (AvgIpc) is 2.32. The van der Waals surface area contributed by atoms with Crippen molar-refractivity contribution in [1.82, 2.24) is 0 Å². The third-order valence-electron chi connectivity index (χ3n) is 2.17. The van der Waals surface area contributed by atoms with E-state index in [4.69, 9.17) is 9.47 Å². The first-order valence-electron chi connectivity index (χ1n) is 5.41. The lowest BCUT2D eigenvalue weighted by Gasteiger charge is -2.15. The topological polar surface area (TPSA) is 61.8 Å². The Balaban J connectivity index is 3.20. The number of ether oxygens (including phenoxy) is 2. The summed E-state index contributed by atoms with van der Waals surface area (Å²) >= 11 is -0.381. The number of thioether (sulfide) groups is 1. The molecular weight excluding hydrogens is 333 g/mol. The number of alkyl halides is 3. The molecule has 0 aliphatic heterocycles. The van der Waals surface area contributed by atoms with E-state index in [0.717, 1.165) is 12.3 Å². The summed E-state index contributed by atoms with van der Waals surface area (Å²) in [7, 11) is -1.23. The van der Waals surface area contributed by atoms with Crippen LogP contribution in [0.4, 0.5) is 13.2 Å². The number of methoxy groups -OCH3 is 2.